The van der Waals surface area contributed by atoms with Gasteiger partial charge in [-0.3, -0.25) is 0 Å². The van der Waals surface area contributed by atoms with Crippen LogP contribution in [0, 0.1) is 17.8 Å². The highest BCUT2D eigenvalue weighted by Gasteiger charge is 2.51. The number of hydrogen-bond acceptors (Lipinski definition) is 3. The number of halogens is 2. The van der Waals surface area contributed by atoms with Crippen molar-refractivity contribution in [3.63, 3.8) is 0 Å². The molecule has 0 amide bonds. The molecule has 0 aromatic heterocycles. The Morgan fingerprint density at radius 2 is 1.69 bits per heavy atom. The predicted molar refractivity (Wildman–Crippen MR) is 57.0 cm³/mol. The van der Waals surface area contributed by atoms with Crippen molar-refractivity contribution in [1.29, 1.82) is 0 Å². The fraction of sp³-hybridized carbons (Fsp3) is 1.00. The van der Waals surface area contributed by atoms with Crippen molar-refractivity contribution in [1.82, 2.24) is 0 Å². The number of fused-ring (bicyclic) bond motifs is 2. The summed E-state index contributed by atoms with van der Waals surface area (Å²) in [6.07, 6.45) is 0.0989. The first kappa shape index (κ1) is 12.2. The van der Waals surface area contributed by atoms with E-state index < -0.39 is 27.6 Å². The maximum absolute atomic E-state index is 13.4. The Balaban J connectivity index is 2.23. The van der Waals surface area contributed by atoms with E-state index in [-0.39, 0.29) is 30.3 Å². The van der Waals surface area contributed by atoms with Crippen LogP contribution >= 0.6 is 0 Å². The standard InChI is InChI=1S/C10H17F2NO2S/c11-10(12)3-7-5-16(14,15)6-8(4-10)9(7)1-2-13/h7-9H,1-6,13H2. The molecule has 3 nitrogen and oxygen atoms in total. The van der Waals surface area contributed by atoms with Crippen molar-refractivity contribution in [3.8, 4) is 0 Å². The van der Waals surface area contributed by atoms with Crippen LogP contribution in [0.4, 0.5) is 8.78 Å². The molecule has 2 fully saturated rings. The second-order valence-corrected chi connectivity index (χ2v) is 7.26. The van der Waals surface area contributed by atoms with Crippen LogP contribution in [0.5, 0.6) is 0 Å². The summed E-state index contributed by atoms with van der Waals surface area (Å²) in [7, 11) is -3.12. The lowest BCUT2D eigenvalue weighted by molar-refractivity contribution is -0.0894. The quantitative estimate of drug-likeness (QED) is 0.800. The van der Waals surface area contributed by atoms with E-state index in [9.17, 15) is 17.2 Å². The van der Waals surface area contributed by atoms with E-state index in [4.69, 9.17) is 5.73 Å². The van der Waals surface area contributed by atoms with E-state index >= 15 is 0 Å². The van der Waals surface area contributed by atoms with Crippen molar-refractivity contribution in [2.24, 2.45) is 23.5 Å². The molecule has 0 radical (unpaired) electrons. The highest BCUT2D eigenvalue weighted by Crippen LogP contribution is 2.48. The molecule has 2 aliphatic rings. The normalized spacial score (nSPS) is 40.6. The summed E-state index contributed by atoms with van der Waals surface area (Å²) in [6.45, 7) is 0.448. The minimum atomic E-state index is -3.12. The zero-order chi connectivity index (χ0) is 12.0. The van der Waals surface area contributed by atoms with Crippen molar-refractivity contribution >= 4 is 9.84 Å². The molecule has 1 heterocycles. The van der Waals surface area contributed by atoms with Gasteiger partial charge in [0.25, 0.3) is 0 Å². The summed E-state index contributed by atoms with van der Waals surface area (Å²) in [5, 5.41) is 0. The molecule has 2 atom stereocenters. The molecule has 16 heavy (non-hydrogen) atoms. The molecule has 2 rings (SSSR count). The second kappa shape index (κ2) is 3.91. The maximum Gasteiger partial charge on any atom is 0.248 e. The zero-order valence-electron chi connectivity index (χ0n) is 9.03. The third-order valence-electron chi connectivity index (χ3n) is 3.77. The minimum absolute atomic E-state index is 0.0770. The Labute approximate surface area is 94.3 Å². The summed E-state index contributed by atoms with van der Waals surface area (Å²) >= 11 is 0. The van der Waals surface area contributed by atoms with Gasteiger partial charge in [-0.05, 0) is 30.7 Å². The van der Waals surface area contributed by atoms with Crippen molar-refractivity contribution in [3.05, 3.63) is 0 Å². The van der Waals surface area contributed by atoms with Gasteiger partial charge in [0.15, 0.2) is 9.84 Å². The smallest absolute Gasteiger partial charge is 0.248 e. The van der Waals surface area contributed by atoms with E-state index in [1.54, 1.807) is 0 Å². The second-order valence-electron chi connectivity index (χ2n) is 5.10. The highest BCUT2D eigenvalue weighted by atomic mass is 32.2. The third kappa shape index (κ3) is 2.37. The molecule has 2 unspecified atom stereocenters. The number of rotatable bonds is 2. The topological polar surface area (TPSA) is 60.2 Å². The largest absolute Gasteiger partial charge is 0.330 e. The van der Waals surface area contributed by atoms with E-state index in [0.29, 0.717) is 13.0 Å². The van der Waals surface area contributed by atoms with Gasteiger partial charge >= 0.3 is 0 Å². The first-order chi connectivity index (χ1) is 7.33. The molecule has 2 bridgehead atoms. The molecular formula is C10H17F2NO2S. The number of nitrogens with two attached hydrogens (primary N) is 1. The molecule has 0 spiro atoms. The monoisotopic (exact) mass is 253 g/mol. The molecule has 6 heteroatoms. The average molecular weight is 253 g/mol. The van der Waals surface area contributed by atoms with Crippen LogP contribution < -0.4 is 5.73 Å². The van der Waals surface area contributed by atoms with Crippen molar-refractivity contribution in [2.75, 3.05) is 18.1 Å². The van der Waals surface area contributed by atoms with Crippen LogP contribution in [0.1, 0.15) is 19.3 Å². The molecule has 1 saturated heterocycles. The molecule has 1 aliphatic carbocycles. The Bertz CT molecular complexity index is 345. The Kier molecular flexibility index (Phi) is 2.99. The Hall–Kier alpha value is -0.230. The Morgan fingerprint density at radius 3 is 2.12 bits per heavy atom. The van der Waals surface area contributed by atoms with Gasteiger partial charge in [-0.25, -0.2) is 17.2 Å². The predicted octanol–water partition coefficient (Wildman–Crippen LogP) is 1.04. The van der Waals surface area contributed by atoms with Gasteiger partial charge in [-0.1, -0.05) is 0 Å². The van der Waals surface area contributed by atoms with Crippen LogP contribution in [0.3, 0.4) is 0 Å². The van der Waals surface area contributed by atoms with Gasteiger partial charge in [0, 0.05) is 12.8 Å². The van der Waals surface area contributed by atoms with Crippen LogP contribution in [0.15, 0.2) is 0 Å². The molecule has 2 N–H and O–H groups in total. The Morgan fingerprint density at radius 1 is 1.19 bits per heavy atom. The van der Waals surface area contributed by atoms with Crippen LogP contribution in [-0.4, -0.2) is 32.4 Å². The van der Waals surface area contributed by atoms with Crippen LogP contribution in [0.25, 0.3) is 0 Å². The van der Waals surface area contributed by atoms with Crippen molar-refractivity contribution in [2.45, 2.75) is 25.2 Å². The summed E-state index contributed by atoms with van der Waals surface area (Å²) in [5.74, 6) is -3.55. The summed E-state index contributed by atoms with van der Waals surface area (Å²) in [5.41, 5.74) is 5.46. The molecule has 1 aliphatic heterocycles. The highest BCUT2D eigenvalue weighted by molar-refractivity contribution is 7.91. The van der Waals surface area contributed by atoms with Gasteiger partial charge in [0.05, 0.1) is 11.5 Å². The molecule has 0 aromatic carbocycles. The first-order valence-electron chi connectivity index (χ1n) is 5.61. The van der Waals surface area contributed by atoms with Crippen LogP contribution in [-0.2, 0) is 9.84 Å². The lowest BCUT2D eigenvalue weighted by Crippen LogP contribution is -2.49. The summed E-state index contributed by atoms with van der Waals surface area (Å²) in [4.78, 5) is 0. The first-order valence-corrected chi connectivity index (χ1v) is 7.43. The number of hydrogen-bond donors (Lipinski definition) is 1. The van der Waals surface area contributed by atoms with Gasteiger partial charge in [-0.2, -0.15) is 0 Å². The van der Waals surface area contributed by atoms with Crippen molar-refractivity contribution < 1.29 is 17.2 Å². The SMILES string of the molecule is NCCC1C2CC(F)(F)CC1CS(=O)(=O)C2. The lowest BCUT2D eigenvalue weighted by Gasteiger charge is -2.45. The maximum atomic E-state index is 13.4. The molecule has 1 saturated carbocycles. The number of alkyl halides is 2. The van der Waals surface area contributed by atoms with Gasteiger partial charge < -0.3 is 5.73 Å². The van der Waals surface area contributed by atoms with E-state index in [2.05, 4.69) is 0 Å². The third-order valence-corrected chi connectivity index (χ3v) is 5.64. The lowest BCUT2D eigenvalue weighted by atomic mass is 9.70. The van der Waals surface area contributed by atoms with Gasteiger partial charge in [0.1, 0.15) is 0 Å². The minimum Gasteiger partial charge on any atom is -0.330 e. The molecule has 94 valence electrons. The van der Waals surface area contributed by atoms with E-state index in [1.807, 2.05) is 0 Å². The zero-order valence-corrected chi connectivity index (χ0v) is 9.85. The fourth-order valence-electron chi connectivity index (χ4n) is 3.29. The van der Waals surface area contributed by atoms with Gasteiger partial charge in [0.2, 0.25) is 5.92 Å². The summed E-state index contributed by atoms with van der Waals surface area (Å²) < 4.78 is 49.8. The van der Waals surface area contributed by atoms with Crippen LogP contribution in [0.2, 0.25) is 0 Å². The molecular weight excluding hydrogens is 236 g/mol. The average Bonchev–Trinajstić information content (AvgIpc) is 2.05. The van der Waals surface area contributed by atoms with Gasteiger partial charge in [-0.15, -0.1) is 0 Å². The summed E-state index contributed by atoms with van der Waals surface area (Å²) in [6, 6.07) is 0. The van der Waals surface area contributed by atoms with E-state index in [0.717, 1.165) is 0 Å². The van der Waals surface area contributed by atoms with E-state index in [1.165, 1.54) is 0 Å². The fourth-order valence-corrected chi connectivity index (χ4v) is 5.46. The number of sulfone groups is 1. The molecule has 0 aromatic rings.